The molecule has 0 amide bonds. The topological polar surface area (TPSA) is 51.0 Å². The highest BCUT2D eigenvalue weighted by molar-refractivity contribution is 5.31. The molecule has 1 aromatic heterocycles. The minimum absolute atomic E-state index is 0.542. The van der Waals surface area contributed by atoms with E-state index in [1.807, 2.05) is 0 Å². The van der Waals surface area contributed by atoms with Crippen LogP contribution < -0.4 is 5.32 Å². The summed E-state index contributed by atoms with van der Waals surface area (Å²) in [7, 11) is 0. The smallest absolute Gasteiger partial charge is 0.144 e. The van der Waals surface area contributed by atoms with Crippen LogP contribution in [0.5, 0.6) is 0 Å². The van der Waals surface area contributed by atoms with Crippen molar-refractivity contribution in [1.29, 1.82) is 0 Å². The molecule has 4 nitrogen and oxygen atoms in total. The molecular weight excluding hydrogens is 202 g/mol. The lowest BCUT2D eigenvalue weighted by Gasteiger charge is -2.23. The van der Waals surface area contributed by atoms with E-state index in [1.54, 1.807) is 0 Å². The number of rotatable bonds is 0. The van der Waals surface area contributed by atoms with Crippen molar-refractivity contribution in [3.63, 3.8) is 0 Å². The van der Waals surface area contributed by atoms with E-state index in [9.17, 15) is 0 Å². The van der Waals surface area contributed by atoms with E-state index in [0.29, 0.717) is 6.04 Å². The zero-order valence-corrected chi connectivity index (χ0v) is 9.26. The summed E-state index contributed by atoms with van der Waals surface area (Å²) in [6, 6.07) is 9.22. The molecule has 3 rings (SSSR count). The molecule has 1 unspecified atom stereocenters. The first-order chi connectivity index (χ1) is 7.88. The summed E-state index contributed by atoms with van der Waals surface area (Å²) < 4.78 is 4.22. The summed E-state index contributed by atoms with van der Waals surface area (Å²) >= 11 is 0. The van der Waals surface area contributed by atoms with Gasteiger partial charge >= 0.3 is 0 Å². The Balaban J connectivity index is 0.000000162. The Morgan fingerprint density at radius 3 is 2.88 bits per heavy atom. The molecule has 1 aliphatic heterocycles. The third-order valence-corrected chi connectivity index (χ3v) is 2.65. The highest BCUT2D eigenvalue weighted by Crippen LogP contribution is 2.21. The Kier molecular flexibility index (Phi) is 3.66. The average Bonchev–Trinajstić information content (AvgIpc) is 2.88. The van der Waals surface area contributed by atoms with Gasteiger partial charge in [-0.25, -0.2) is 0 Å². The zero-order chi connectivity index (χ0) is 11.2. The van der Waals surface area contributed by atoms with Crippen LogP contribution >= 0.6 is 0 Å². The molecule has 2 heterocycles. The molecule has 2 aromatic rings. The average molecular weight is 217 g/mol. The van der Waals surface area contributed by atoms with E-state index in [1.165, 1.54) is 30.0 Å². The number of fused-ring (bicyclic) bond motifs is 1. The highest BCUT2D eigenvalue weighted by Gasteiger charge is 2.13. The summed E-state index contributed by atoms with van der Waals surface area (Å²) in [6.07, 6.45) is 4.06. The van der Waals surface area contributed by atoms with Crippen LogP contribution in [0.3, 0.4) is 0 Å². The van der Waals surface area contributed by atoms with Gasteiger partial charge in [0.2, 0.25) is 0 Å². The van der Waals surface area contributed by atoms with Gasteiger partial charge in [-0.1, -0.05) is 24.3 Å². The van der Waals surface area contributed by atoms with Crippen molar-refractivity contribution in [2.75, 3.05) is 6.54 Å². The van der Waals surface area contributed by atoms with Crippen molar-refractivity contribution >= 4 is 0 Å². The maximum Gasteiger partial charge on any atom is 0.144 e. The van der Waals surface area contributed by atoms with Crippen molar-refractivity contribution in [2.24, 2.45) is 0 Å². The first-order valence-electron chi connectivity index (χ1n) is 5.40. The fourth-order valence-electron chi connectivity index (χ4n) is 1.85. The fourth-order valence-corrected chi connectivity index (χ4v) is 1.85. The molecule has 84 valence electrons. The minimum Gasteiger partial charge on any atom is -0.346 e. The SMILES string of the molecule is CC1NCCc2ccccc21.c1conn1. The Labute approximate surface area is 94.7 Å². The molecule has 0 saturated heterocycles. The molecule has 16 heavy (non-hydrogen) atoms. The van der Waals surface area contributed by atoms with Gasteiger partial charge in [0.15, 0.2) is 0 Å². The molecule has 0 radical (unpaired) electrons. The van der Waals surface area contributed by atoms with Crippen LogP contribution in [0, 0.1) is 0 Å². The molecule has 0 aliphatic carbocycles. The van der Waals surface area contributed by atoms with E-state index in [0.717, 1.165) is 6.54 Å². The third kappa shape index (κ3) is 2.67. The van der Waals surface area contributed by atoms with Gasteiger partial charge in [-0.15, -0.1) is 5.10 Å². The number of nitrogens with zero attached hydrogens (tertiary/aromatic N) is 2. The number of benzene rings is 1. The summed E-state index contributed by atoms with van der Waals surface area (Å²) in [6.45, 7) is 3.34. The molecule has 0 saturated carbocycles. The van der Waals surface area contributed by atoms with Crippen molar-refractivity contribution < 1.29 is 4.52 Å². The lowest BCUT2D eigenvalue weighted by Crippen LogP contribution is -2.27. The zero-order valence-electron chi connectivity index (χ0n) is 9.26. The molecule has 4 heteroatoms. The van der Waals surface area contributed by atoms with Crippen LogP contribution in [-0.4, -0.2) is 16.9 Å². The second-order valence-corrected chi connectivity index (χ2v) is 3.71. The van der Waals surface area contributed by atoms with E-state index < -0.39 is 0 Å². The van der Waals surface area contributed by atoms with Gasteiger partial charge in [0, 0.05) is 11.3 Å². The van der Waals surface area contributed by atoms with Gasteiger partial charge in [0.25, 0.3) is 0 Å². The van der Waals surface area contributed by atoms with Gasteiger partial charge in [-0.3, -0.25) is 0 Å². The van der Waals surface area contributed by atoms with Crippen molar-refractivity contribution in [1.82, 2.24) is 15.7 Å². The second-order valence-electron chi connectivity index (χ2n) is 3.71. The third-order valence-electron chi connectivity index (χ3n) is 2.65. The standard InChI is InChI=1S/C10H13N.C2H2N2O/c1-8-10-5-3-2-4-9(10)6-7-11-8;1-2-5-4-3-1/h2-5,8,11H,6-7H2,1H3;1-2H. The molecule has 1 atom stereocenters. The molecule has 0 bridgehead atoms. The van der Waals surface area contributed by atoms with Gasteiger partial charge in [0.1, 0.15) is 6.26 Å². The Morgan fingerprint density at radius 1 is 1.38 bits per heavy atom. The summed E-state index contributed by atoms with van der Waals surface area (Å²) in [5, 5.41) is 9.84. The highest BCUT2D eigenvalue weighted by atomic mass is 16.5. The fraction of sp³-hybridized carbons (Fsp3) is 0.333. The maximum absolute atomic E-state index is 4.22. The molecule has 1 N–H and O–H groups in total. The maximum atomic E-state index is 4.22. The number of hydrogen-bond acceptors (Lipinski definition) is 4. The van der Waals surface area contributed by atoms with Crippen molar-refractivity contribution in [3.05, 3.63) is 47.9 Å². The monoisotopic (exact) mass is 217 g/mol. The Morgan fingerprint density at radius 2 is 2.25 bits per heavy atom. The van der Waals surface area contributed by atoms with Crippen LogP contribution in [0.1, 0.15) is 24.1 Å². The Hall–Kier alpha value is -1.68. The van der Waals surface area contributed by atoms with Crippen LogP contribution in [0.25, 0.3) is 0 Å². The van der Waals surface area contributed by atoms with Crippen LogP contribution in [0.15, 0.2) is 41.2 Å². The first-order valence-corrected chi connectivity index (χ1v) is 5.40. The predicted molar refractivity (Wildman–Crippen MR) is 60.9 cm³/mol. The lowest BCUT2D eigenvalue weighted by molar-refractivity contribution is 0.393. The summed E-state index contributed by atoms with van der Waals surface area (Å²) in [4.78, 5) is 0. The lowest BCUT2D eigenvalue weighted by atomic mass is 9.96. The van der Waals surface area contributed by atoms with Crippen LogP contribution in [-0.2, 0) is 6.42 Å². The Bertz CT molecular complexity index is 397. The molecule has 1 aliphatic rings. The van der Waals surface area contributed by atoms with Gasteiger partial charge in [0.05, 0.1) is 6.20 Å². The normalized spacial score (nSPS) is 18.2. The quantitative estimate of drug-likeness (QED) is 0.733. The van der Waals surface area contributed by atoms with E-state index in [-0.39, 0.29) is 0 Å². The molecule has 1 aromatic carbocycles. The van der Waals surface area contributed by atoms with Crippen molar-refractivity contribution in [3.8, 4) is 0 Å². The largest absolute Gasteiger partial charge is 0.346 e. The molecule has 0 spiro atoms. The summed E-state index contributed by atoms with van der Waals surface area (Å²) in [5.74, 6) is 0. The number of hydrogen-bond donors (Lipinski definition) is 1. The van der Waals surface area contributed by atoms with E-state index >= 15 is 0 Å². The number of nitrogens with one attached hydrogen (secondary N) is 1. The van der Waals surface area contributed by atoms with Gasteiger partial charge in [-0.05, 0) is 31.0 Å². The summed E-state index contributed by atoms with van der Waals surface area (Å²) in [5.41, 5.74) is 2.98. The van der Waals surface area contributed by atoms with Crippen LogP contribution in [0.4, 0.5) is 0 Å². The predicted octanol–water partition coefficient (Wildman–Crippen LogP) is 1.96. The van der Waals surface area contributed by atoms with E-state index in [2.05, 4.69) is 51.4 Å². The van der Waals surface area contributed by atoms with Gasteiger partial charge < -0.3 is 9.84 Å². The minimum atomic E-state index is 0.542. The molecular formula is C12H15N3O. The van der Waals surface area contributed by atoms with Crippen molar-refractivity contribution in [2.45, 2.75) is 19.4 Å². The first kappa shape index (κ1) is 10.8. The molecule has 0 fully saturated rings. The van der Waals surface area contributed by atoms with Gasteiger partial charge in [-0.2, -0.15) is 0 Å². The van der Waals surface area contributed by atoms with Crippen LogP contribution in [0.2, 0.25) is 0 Å². The number of aromatic nitrogens is 2. The second kappa shape index (κ2) is 5.42. The van der Waals surface area contributed by atoms with E-state index in [4.69, 9.17) is 0 Å².